The van der Waals surface area contributed by atoms with Crippen molar-refractivity contribution in [1.82, 2.24) is 15.5 Å². The third-order valence-electron chi connectivity index (χ3n) is 5.07. The van der Waals surface area contributed by atoms with Crippen LogP contribution in [0.3, 0.4) is 0 Å². The predicted molar refractivity (Wildman–Crippen MR) is 112 cm³/mol. The fraction of sp³-hybridized carbons (Fsp3) is 0.632. The molecule has 134 valence electrons. The molecule has 2 aliphatic rings. The molecule has 1 fully saturated rings. The standard InChI is InChI=1S/C19H30N4.HI/c1-20-19(22-18-9-4-5-10-18)21-12-6-13-23-14-11-16-7-2-3-8-17(16)15-23;/h2-3,7-8,18H,4-6,9-15H2,1H3,(H2,20,21,22);1H. The van der Waals surface area contributed by atoms with Gasteiger partial charge in [-0.3, -0.25) is 9.89 Å². The zero-order valence-electron chi connectivity index (χ0n) is 14.8. The molecule has 24 heavy (non-hydrogen) atoms. The van der Waals surface area contributed by atoms with Gasteiger partial charge >= 0.3 is 0 Å². The van der Waals surface area contributed by atoms with E-state index in [1.54, 1.807) is 0 Å². The first-order chi connectivity index (χ1) is 11.3. The summed E-state index contributed by atoms with van der Waals surface area (Å²) in [4.78, 5) is 6.91. The molecular weight excluding hydrogens is 411 g/mol. The molecule has 0 spiro atoms. The highest BCUT2D eigenvalue weighted by Gasteiger charge is 2.16. The molecular formula is C19H31IN4. The summed E-state index contributed by atoms with van der Waals surface area (Å²) in [6.45, 7) is 4.43. The molecule has 1 aliphatic carbocycles. The van der Waals surface area contributed by atoms with Crippen LogP contribution in [0.4, 0.5) is 0 Å². The van der Waals surface area contributed by atoms with E-state index in [-0.39, 0.29) is 24.0 Å². The lowest BCUT2D eigenvalue weighted by Crippen LogP contribution is -2.43. The lowest BCUT2D eigenvalue weighted by Gasteiger charge is -2.28. The lowest BCUT2D eigenvalue weighted by molar-refractivity contribution is 0.251. The van der Waals surface area contributed by atoms with Crippen LogP contribution in [0.25, 0.3) is 0 Å². The number of hydrogen-bond acceptors (Lipinski definition) is 2. The van der Waals surface area contributed by atoms with Gasteiger partial charge in [0.25, 0.3) is 0 Å². The maximum atomic E-state index is 4.35. The van der Waals surface area contributed by atoms with Gasteiger partial charge in [0.15, 0.2) is 5.96 Å². The predicted octanol–water partition coefficient (Wildman–Crippen LogP) is 3.16. The van der Waals surface area contributed by atoms with Crippen LogP contribution in [-0.4, -0.2) is 43.6 Å². The van der Waals surface area contributed by atoms with E-state index in [0.717, 1.165) is 32.0 Å². The monoisotopic (exact) mass is 442 g/mol. The third-order valence-corrected chi connectivity index (χ3v) is 5.07. The van der Waals surface area contributed by atoms with Crippen LogP contribution >= 0.6 is 24.0 Å². The van der Waals surface area contributed by atoms with Crippen molar-refractivity contribution in [3.63, 3.8) is 0 Å². The quantitative estimate of drug-likeness (QED) is 0.319. The van der Waals surface area contributed by atoms with Gasteiger partial charge in [0.2, 0.25) is 0 Å². The molecule has 0 amide bonds. The Labute approximate surface area is 163 Å². The molecule has 1 aromatic rings. The summed E-state index contributed by atoms with van der Waals surface area (Å²) in [5.41, 5.74) is 3.04. The fourth-order valence-electron chi connectivity index (χ4n) is 3.71. The number of fused-ring (bicyclic) bond motifs is 1. The van der Waals surface area contributed by atoms with Gasteiger partial charge in [-0.25, -0.2) is 0 Å². The largest absolute Gasteiger partial charge is 0.356 e. The molecule has 1 aromatic carbocycles. The van der Waals surface area contributed by atoms with Crippen molar-refractivity contribution in [1.29, 1.82) is 0 Å². The van der Waals surface area contributed by atoms with Gasteiger partial charge in [0, 0.05) is 39.3 Å². The van der Waals surface area contributed by atoms with Gasteiger partial charge in [-0.2, -0.15) is 0 Å². The maximum absolute atomic E-state index is 4.35. The SMILES string of the molecule is CN=C(NCCCN1CCc2ccccc2C1)NC1CCCC1.I. The number of halogens is 1. The van der Waals surface area contributed by atoms with Gasteiger partial charge < -0.3 is 10.6 Å². The Morgan fingerprint density at radius 2 is 1.96 bits per heavy atom. The lowest BCUT2D eigenvalue weighted by atomic mass is 10.00. The van der Waals surface area contributed by atoms with Crippen LogP contribution in [0.15, 0.2) is 29.3 Å². The van der Waals surface area contributed by atoms with E-state index in [4.69, 9.17) is 0 Å². The Morgan fingerprint density at radius 1 is 1.21 bits per heavy atom. The van der Waals surface area contributed by atoms with Gasteiger partial charge in [-0.1, -0.05) is 37.1 Å². The van der Waals surface area contributed by atoms with Crippen molar-refractivity contribution in [3.8, 4) is 0 Å². The first-order valence-electron chi connectivity index (χ1n) is 9.11. The van der Waals surface area contributed by atoms with E-state index >= 15 is 0 Å². The number of nitrogens with zero attached hydrogens (tertiary/aromatic N) is 2. The van der Waals surface area contributed by atoms with Crippen LogP contribution in [-0.2, 0) is 13.0 Å². The molecule has 0 atom stereocenters. The van der Waals surface area contributed by atoms with E-state index in [0.29, 0.717) is 6.04 Å². The number of rotatable bonds is 5. The van der Waals surface area contributed by atoms with Crippen LogP contribution < -0.4 is 10.6 Å². The highest BCUT2D eigenvalue weighted by molar-refractivity contribution is 14.0. The zero-order chi connectivity index (χ0) is 15.9. The highest BCUT2D eigenvalue weighted by atomic mass is 127. The Hall–Kier alpha value is -0.820. The molecule has 0 aromatic heterocycles. The van der Waals surface area contributed by atoms with Crippen LogP contribution in [0, 0.1) is 0 Å². The minimum absolute atomic E-state index is 0. The van der Waals surface area contributed by atoms with Crippen molar-refractivity contribution in [3.05, 3.63) is 35.4 Å². The number of nitrogens with one attached hydrogen (secondary N) is 2. The number of hydrogen-bond donors (Lipinski definition) is 2. The number of benzene rings is 1. The molecule has 1 saturated carbocycles. The normalized spacial score (nSPS) is 18.8. The Kier molecular flexibility index (Phi) is 8.32. The van der Waals surface area contributed by atoms with Gasteiger partial charge in [0.05, 0.1) is 0 Å². The average Bonchev–Trinajstić information content (AvgIpc) is 3.10. The summed E-state index contributed by atoms with van der Waals surface area (Å²) in [6, 6.07) is 9.48. The van der Waals surface area contributed by atoms with E-state index in [1.807, 2.05) is 7.05 Å². The molecule has 2 N–H and O–H groups in total. The average molecular weight is 442 g/mol. The number of guanidine groups is 1. The van der Waals surface area contributed by atoms with Crippen molar-refractivity contribution < 1.29 is 0 Å². The second kappa shape index (κ2) is 10.2. The molecule has 0 radical (unpaired) electrons. The van der Waals surface area contributed by atoms with E-state index in [1.165, 1.54) is 49.8 Å². The van der Waals surface area contributed by atoms with Crippen molar-refractivity contribution >= 4 is 29.9 Å². The summed E-state index contributed by atoms with van der Waals surface area (Å²) in [7, 11) is 1.87. The maximum Gasteiger partial charge on any atom is 0.191 e. The molecule has 1 aliphatic heterocycles. The van der Waals surface area contributed by atoms with E-state index in [9.17, 15) is 0 Å². The summed E-state index contributed by atoms with van der Waals surface area (Å²) < 4.78 is 0. The highest BCUT2D eigenvalue weighted by Crippen LogP contribution is 2.18. The van der Waals surface area contributed by atoms with Crippen LogP contribution in [0.2, 0.25) is 0 Å². The second-order valence-electron chi connectivity index (χ2n) is 6.77. The molecule has 5 heteroatoms. The second-order valence-corrected chi connectivity index (χ2v) is 6.77. The van der Waals surface area contributed by atoms with Crippen molar-refractivity contribution in [2.45, 2.75) is 51.1 Å². The van der Waals surface area contributed by atoms with Gasteiger partial charge in [0.1, 0.15) is 0 Å². The first-order valence-corrected chi connectivity index (χ1v) is 9.11. The summed E-state index contributed by atoms with van der Waals surface area (Å²) in [5.74, 6) is 0.973. The van der Waals surface area contributed by atoms with E-state index in [2.05, 4.69) is 44.8 Å². The summed E-state index contributed by atoms with van der Waals surface area (Å²) in [5, 5.41) is 7.01. The molecule has 4 nitrogen and oxygen atoms in total. The van der Waals surface area contributed by atoms with E-state index < -0.39 is 0 Å². The van der Waals surface area contributed by atoms with Crippen molar-refractivity contribution in [2.75, 3.05) is 26.7 Å². The molecule has 0 saturated heterocycles. The van der Waals surface area contributed by atoms with Crippen LogP contribution in [0.1, 0.15) is 43.2 Å². The fourth-order valence-corrected chi connectivity index (χ4v) is 3.71. The minimum atomic E-state index is 0. The van der Waals surface area contributed by atoms with Gasteiger partial charge in [-0.05, 0) is 36.8 Å². The first kappa shape index (κ1) is 19.5. The topological polar surface area (TPSA) is 39.7 Å². The molecule has 1 heterocycles. The Bertz CT molecular complexity index is 526. The minimum Gasteiger partial charge on any atom is -0.356 e. The molecule has 0 unspecified atom stereocenters. The van der Waals surface area contributed by atoms with Gasteiger partial charge in [-0.15, -0.1) is 24.0 Å². The molecule has 3 rings (SSSR count). The smallest absolute Gasteiger partial charge is 0.191 e. The van der Waals surface area contributed by atoms with Crippen molar-refractivity contribution in [2.24, 2.45) is 4.99 Å². The third kappa shape index (κ3) is 5.62. The Morgan fingerprint density at radius 3 is 2.71 bits per heavy atom. The molecule has 0 bridgehead atoms. The zero-order valence-corrected chi connectivity index (χ0v) is 17.1. The summed E-state index contributed by atoms with van der Waals surface area (Å²) >= 11 is 0. The Balaban J connectivity index is 0.00000208. The van der Waals surface area contributed by atoms with Crippen LogP contribution in [0.5, 0.6) is 0 Å². The number of aliphatic imine (C=N–C) groups is 1. The summed E-state index contributed by atoms with van der Waals surface area (Å²) in [6.07, 6.45) is 7.63.